The Bertz CT molecular complexity index is 650. The third kappa shape index (κ3) is 2.82. The molecule has 0 aromatic heterocycles. The number of anilines is 1. The Morgan fingerprint density at radius 3 is 2.43 bits per heavy atom. The summed E-state index contributed by atoms with van der Waals surface area (Å²) in [6, 6.07) is 10.3. The van der Waals surface area contributed by atoms with E-state index >= 15 is 0 Å². The Labute approximate surface area is 120 Å². The van der Waals surface area contributed by atoms with Crippen LogP contribution in [0, 0.1) is 0 Å². The highest BCUT2D eigenvalue weighted by Gasteiger charge is 2.30. The molecular weight excluding hydrogens is 279 g/mol. The molecule has 0 amide bonds. The Morgan fingerprint density at radius 2 is 1.76 bits per heavy atom. The zero-order valence-corrected chi connectivity index (χ0v) is 11.1. The molecule has 0 bridgehead atoms. The number of aryl methyl sites for hydroxylation is 1. The number of fused-ring (bicyclic) bond motifs is 1. The monoisotopic (exact) mass is 293 g/mol. The minimum absolute atomic E-state index is 0.0670. The standard InChI is InChI=1S/C16H14F3NO/c17-16(18,19)11-2-4-12(5-3-11)20-15-8-1-10-9-13(21)6-7-14(10)15/h2-7,9,15,20-21H,1,8H2. The van der Waals surface area contributed by atoms with Crippen LogP contribution in [0.4, 0.5) is 18.9 Å². The van der Waals surface area contributed by atoms with Gasteiger partial charge in [-0.15, -0.1) is 0 Å². The Kier molecular flexibility index (Phi) is 3.27. The Hall–Kier alpha value is -2.17. The summed E-state index contributed by atoms with van der Waals surface area (Å²) >= 11 is 0. The molecule has 1 atom stereocenters. The summed E-state index contributed by atoms with van der Waals surface area (Å²) in [5.74, 6) is 0.240. The summed E-state index contributed by atoms with van der Waals surface area (Å²) in [4.78, 5) is 0. The second-order valence-electron chi connectivity index (χ2n) is 5.19. The van der Waals surface area contributed by atoms with Gasteiger partial charge in [-0.1, -0.05) is 6.07 Å². The minimum Gasteiger partial charge on any atom is -0.508 e. The maximum atomic E-state index is 12.5. The van der Waals surface area contributed by atoms with Crippen molar-refractivity contribution >= 4 is 5.69 Å². The molecule has 0 spiro atoms. The number of hydrogen-bond acceptors (Lipinski definition) is 2. The van der Waals surface area contributed by atoms with E-state index in [1.807, 2.05) is 6.07 Å². The third-order valence-electron chi connectivity index (χ3n) is 3.76. The lowest BCUT2D eigenvalue weighted by molar-refractivity contribution is -0.137. The van der Waals surface area contributed by atoms with Crippen LogP contribution in [-0.4, -0.2) is 5.11 Å². The first-order valence-corrected chi connectivity index (χ1v) is 6.69. The molecule has 2 nitrogen and oxygen atoms in total. The van der Waals surface area contributed by atoms with Crippen LogP contribution in [-0.2, 0) is 12.6 Å². The Morgan fingerprint density at radius 1 is 1.05 bits per heavy atom. The molecule has 1 aliphatic rings. The number of alkyl halides is 3. The summed E-state index contributed by atoms with van der Waals surface area (Å²) in [5.41, 5.74) is 2.19. The molecule has 0 aliphatic heterocycles. The van der Waals surface area contributed by atoms with Gasteiger partial charge in [-0.3, -0.25) is 0 Å². The van der Waals surface area contributed by atoms with Crippen molar-refractivity contribution in [3.63, 3.8) is 0 Å². The van der Waals surface area contributed by atoms with Crippen LogP contribution in [0.25, 0.3) is 0 Å². The molecule has 1 unspecified atom stereocenters. The highest BCUT2D eigenvalue weighted by atomic mass is 19.4. The molecule has 1 aliphatic carbocycles. The quantitative estimate of drug-likeness (QED) is 0.853. The average Bonchev–Trinajstić information content (AvgIpc) is 2.80. The fraction of sp³-hybridized carbons (Fsp3) is 0.250. The summed E-state index contributed by atoms with van der Waals surface area (Å²) in [6.45, 7) is 0. The van der Waals surface area contributed by atoms with Crippen molar-refractivity contribution in [1.82, 2.24) is 0 Å². The van der Waals surface area contributed by atoms with Crippen molar-refractivity contribution in [3.05, 3.63) is 59.2 Å². The molecule has 0 fully saturated rings. The van der Waals surface area contributed by atoms with Gasteiger partial charge in [-0.05, 0) is 60.4 Å². The lowest BCUT2D eigenvalue weighted by Gasteiger charge is -2.16. The number of nitrogens with one attached hydrogen (secondary N) is 1. The van der Waals surface area contributed by atoms with E-state index in [-0.39, 0.29) is 11.8 Å². The van der Waals surface area contributed by atoms with Gasteiger partial charge >= 0.3 is 6.18 Å². The van der Waals surface area contributed by atoms with E-state index in [1.165, 1.54) is 12.1 Å². The zero-order valence-electron chi connectivity index (χ0n) is 11.1. The normalized spacial score (nSPS) is 17.6. The van der Waals surface area contributed by atoms with Crippen LogP contribution in [0.15, 0.2) is 42.5 Å². The molecule has 0 saturated heterocycles. The van der Waals surface area contributed by atoms with Crippen LogP contribution in [0.5, 0.6) is 5.75 Å². The molecule has 0 saturated carbocycles. The molecule has 2 aromatic rings. The molecule has 2 aromatic carbocycles. The van der Waals surface area contributed by atoms with Crippen molar-refractivity contribution < 1.29 is 18.3 Å². The molecule has 110 valence electrons. The fourth-order valence-corrected chi connectivity index (χ4v) is 2.71. The van der Waals surface area contributed by atoms with Crippen LogP contribution in [0.2, 0.25) is 0 Å². The second kappa shape index (κ2) is 4.98. The van der Waals surface area contributed by atoms with Crippen molar-refractivity contribution in [2.24, 2.45) is 0 Å². The molecule has 0 radical (unpaired) electrons. The summed E-state index contributed by atoms with van der Waals surface area (Å²) in [5, 5.41) is 12.7. The first-order chi connectivity index (χ1) is 9.93. The van der Waals surface area contributed by atoms with E-state index in [4.69, 9.17) is 0 Å². The second-order valence-corrected chi connectivity index (χ2v) is 5.19. The van der Waals surface area contributed by atoms with Gasteiger partial charge in [0, 0.05) is 5.69 Å². The maximum Gasteiger partial charge on any atom is 0.416 e. The van der Waals surface area contributed by atoms with Gasteiger partial charge < -0.3 is 10.4 Å². The molecule has 5 heteroatoms. The minimum atomic E-state index is -4.31. The van der Waals surface area contributed by atoms with Crippen LogP contribution in [0.3, 0.4) is 0 Å². The smallest absolute Gasteiger partial charge is 0.416 e. The summed E-state index contributed by atoms with van der Waals surface area (Å²) in [6.07, 6.45) is -2.60. The lowest BCUT2D eigenvalue weighted by atomic mass is 10.1. The van der Waals surface area contributed by atoms with Crippen molar-refractivity contribution in [2.75, 3.05) is 5.32 Å². The number of phenols is 1. The fourth-order valence-electron chi connectivity index (χ4n) is 2.71. The number of benzene rings is 2. The van der Waals surface area contributed by atoms with Gasteiger partial charge in [0.05, 0.1) is 11.6 Å². The van der Waals surface area contributed by atoms with Gasteiger partial charge in [0.15, 0.2) is 0 Å². The van der Waals surface area contributed by atoms with E-state index in [9.17, 15) is 18.3 Å². The highest BCUT2D eigenvalue weighted by molar-refractivity contribution is 5.50. The molecule has 21 heavy (non-hydrogen) atoms. The van der Waals surface area contributed by atoms with E-state index in [1.54, 1.807) is 12.1 Å². The zero-order chi connectivity index (χ0) is 15.0. The average molecular weight is 293 g/mol. The third-order valence-corrected chi connectivity index (χ3v) is 3.76. The van der Waals surface area contributed by atoms with Gasteiger partial charge in [0.1, 0.15) is 5.75 Å². The molecular formula is C16H14F3NO. The molecule has 0 heterocycles. The van der Waals surface area contributed by atoms with E-state index in [2.05, 4.69) is 5.32 Å². The SMILES string of the molecule is Oc1ccc2c(c1)CCC2Nc1ccc(C(F)(F)F)cc1. The van der Waals surface area contributed by atoms with Crippen molar-refractivity contribution in [1.29, 1.82) is 0 Å². The number of aromatic hydroxyl groups is 1. The predicted octanol–water partition coefficient (Wildman–Crippen LogP) is 4.51. The van der Waals surface area contributed by atoms with Crippen LogP contribution in [0.1, 0.15) is 29.2 Å². The summed E-state index contributed by atoms with van der Waals surface area (Å²) in [7, 11) is 0. The largest absolute Gasteiger partial charge is 0.508 e. The Balaban J connectivity index is 1.77. The molecule has 3 rings (SSSR count). The van der Waals surface area contributed by atoms with Crippen molar-refractivity contribution in [2.45, 2.75) is 25.1 Å². The van der Waals surface area contributed by atoms with Crippen LogP contribution >= 0.6 is 0 Å². The first kappa shape index (κ1) is 13.8. The number of rotatable bonds is 2. The predicted molar refractivity (Wildman–Crippen MR) is 74.2 cm³/mol. The van der Waals surface area contributed by atoms with E-state index < -0.39 is 11.7 Å². The number of halogens is 3. The van der Waals surface area contributed by atoms with Gasteiger partial charge in [-0.25, -0.2) is 0 Å². The van der Waals surface area contributed by atoms with Gasteiger partial charge in [0.25, 0.3) is 0 Å². The maximum absolute atomic E-state index is 12.5. The molecule has 2 N–H and O–H groups in total. The first-order valence-electron chi connectivity index (χ1n) is 6.69. The van der Waals surface area contributed by atoms with Crippen LogP contribution < -0.4 is 5.32 Å². The summed E-state index contributed by atoms with van der Waals surface area (Å²) < 4.78 is 37.5. The van der Waals surface area contributed by atoms with Crippen molar-refractivity contribution in [3.8, 4) is 5.75 Å². The van der Waals surface area contributed by atoms with Gasteiger partial charge in [-0.2, -0.15) is 13.2 Å². The number of phenolic OH excluding ortho intramolecular Hbond substituents is 1. The lowest BCUT2D eigenvalue weighted by Crippen LogP contribution is -2.08. The highest BCUT2D eigenvalue weighted by Crippen LogP contribution is 2.36. The number of hydrogen-bond donors (Lipinski definition) is 2. The van der Waals surface area contributed by atoms with E-state index in [0.717, 1.165) is 36.1 Å². The van der Waals surface area contributed by atoms with E-state index in [0.29, 0.717) is 5.69 Å². The van der Waals surface area contributed by atoms with Gasteiger partial charge in [0.2, 0.25) is 0 Å². The topological polar surface area (TPSA) is 32.3 Å².